The first kappa shape index (κ1) is 12.7. The predicted molar refractivity (Wildman–Crippen MR) is 64.1 cm³/mol. The molecule has 2 N–H and O–H groups in total. The minimum absolute atomic E-state index is 0.00537. The van der Waals surface area contributed by atoms with Gasteiger partial charge < -0.3 is 10.4 Å². The second-order valence-electron chi connectivity index (χ2n) is 3.98. The van der Waals surface area contributed by atoms with E-state index in [0.717, 1.165) is 17.5 Å². The zero-order valence-corrected chi connectivity index (χ0v) is 9.86. The standard InChI is InChI=1S/C13H19NO2/c1-3-5-13(16)14-9-12(15)11-7-4-6-10(2)8-11/h4,6-8,12,15H,3,5,9H2,1-2H3,(H,14,16). The molecule has 88 valence electrons. The zero-order chi connectivity index (χ0) is 12.0. The van der Waals surface area contributed by atoms with Crippen molar-refractivity contribution < 1.29 is 9.90 Å². The molecule has 0 saturated heterocycles. The Hall–Kier alpha value is -1.35. The summed E-state index contributed by atoms with van der Waals surface area (Å²) >= 11 is 0. The van der Waals surface area contributed by atoms with Crippen LogP contribution in [0.4, 0.5) is 0 Å². The van der Waals surface area contributed by atoms with Gasteiger partial charge in [-0.15, -0.1) is 0 Å². The first-order valence-corrected chi connectivity index (χ1v) is 5.64. The minimum Gasteiger partial charge on any atom is -0.387 e. The molecule has 0 aliphatic rings. The van der Waals surface area contributed by atoms with Gasteiger partial charge in [0.05, 0.1) is 6.10 Å². The summed E-state index contributed by atoms with van der Waals surface area (Å²) in [6, 6.07) is 7.67. The van der Waals surface area contributed by atoms with Crippen LogP contribution in [0.25, 0.3) is 0 Å². The smallest absolute Gasteiger partial charge is 0.220 e. The molecule has 0 fully saturated rings. The third-order valence-electron chi connectivity index (χ3n) is 2.40. The summed E-state index contributed by atoms with van der Waals surface area (Å²) in [6.07, 6.45) is 0.716. The second-order valence-corrected chi connectivity index (χ2v) is 3.98. The van der Waals surface area contributed by atoms with Gasteiger partial charge in [-0.3, -0.25) is 4.79 Å². The van der Waals surface area contributed by atoms with E-state index in [1.54, 1.807) is 0 Å². The first-order valence-electron chi connectivity index (χ1n) is 5.64. The summed E-state index contributed by atoms with van der Waals surface area (Å²) in [5.41, 5.74) is 1.95. The minimum atomic E-state index is -0.624. The molecule has 0 heterocycles. The topological polar surface area (TPSA) is 49.3 Å². The van der Waals surface area contributed by atoms with E-state index in [1.807, 2.05) is 38.1 Å². The molecule has 0 bridgehead atoms. The summed E-state index contributed by atoms with van der Waals surface area (Å²) in [5, 5.41) is 12.6. The molecule has 1 unspecified atom stereocenters. The number of rotatable bonds is 5. The monoisotopic (exact) mass is 221 g/mol. The molecule has 0 spiro atoms. The summed E-state index contributed by atoms with van der Waals surface area (Å²) in [6.45, 7) is 4.21. The number of carbonyl (C=O) groups excluding carboxylic acids is 1. The van der Waals surface area contributed by atoms with Crippen molar-refractivity contribution >= 4 is 5.91 Å². The summed E-state index contributed by atoms with van der Waals surface area (Å²) in [4.78, 5) is 11.2. The van der Waals surface area contributed by atoms with Crippen LogP contribution in [0.15, 0.2) is 24.3 Å². The van der Waals surface area contributed by atoms with Gasteiger partial charge in [-0.25, -0.2) is 0 Å². The lowest BCUT2D eigenvalue weighted by Gasteiger charge is -2.12. The molecule has 0 aliphatic heterocycles. The zero-order valence-electron chi connectivity index (χ0n) is 9.86. The van der Waals surface area contributed by atoms with Gasteiger partial charge in [0.15, 0.2) is 0 Å². The van der Waals surface area contributed by atoms with Crippen molar-refractivity contribution in [1.29, 1.82) is 0 Å². The molecule has 1 aromatic carbocycles. The highest BCUT2D eigenvalue weighted by atomic mass is 16.3. The summed E-state index contributed by atoms with van der Waals surface area (Å²) in [5.74, 6) is -0.00537. The molecule has 1 aromatic rings. The third-order valence-corrected chi connectivity index (χ3v) is 2.40. The van der Waals surface area contributed by atoms with E-state index in [0.29, 0.717) is 6.42 Å². The van der Waals surface area contributed by atoms with Crippen LogP contribution in [0.5, 0.6) is 0 Å². The molecule has 0 aliphatic carbocycles. The lowest BCUT2D eigenvalue weighted by Crippen LogP contribution is -2.27. The van der Waals surface area contributed by atoms with Crippen molar-refractivity contribution in [1.82, 2.24) is 5.32 Å². The molecule has 3 heteroatoms. The van der Waals surface area contributed by atoms with E-state index >= 15 is 0 Å². The first-order chi connectivity index (χ1) is 7.63. The van der Waals surface area contributed by atoms with E-state index in [-0.39, 0.29) is 12.5 Å². The lowest BCUT2D eigenvalue weighted by atomic mass is 10.1. The number of hydrogen-bond acceptors (Lipinski definition) is 2. The average molecular weight is 221 g/mol. The van der Waals surface area contributed by atoms with Gasteiger partial charge in [0.25, 0.3) is 0 Å². The fourth-order valence-electron chi connectivity index (χ4n) is 1.52. The number of aliphatic hydroxyl groups is 1. The molecular weight excluding hydrogens is 202 g/mol. The van der Waals surface area contributed by atoms with Crippen LogP contribution in [0, 0.1) is 6.92 Å². The Bertz CT molecular complexity index is 350. The Kier molecular flexibility index (Phi) is 4.99. The van der Waals surface area contributed by atoms with Crippen LogP contribution in [-0.4, -0.2) is 17.6 Å². The maximum Gasteiger partial charge on any atom is 0.220 e. The van der Waals surface area contributed by atoms with Crippen LogP contribution in [-0.2, 0) is 4.79 Å². The summed E-state index contributed by atoms with van der Waals surface area (Å²) < 4.78 is 0. The molecule has 0 saturated carbocycles. The van der Waals surface area contributed by atoms with Crippen molar-refractivity contribution in [2.45, 2.75) is 32.8 Å². The number of hydrogen-bond donors (Lipinski definition) is 2. The van der Waals surface area contributed by atoms with E-state index in [2.05, 4.69) is 5.32 Å². The Morgan fingerprint density at radius 3 is 2.88 bits per heavy atom. The van der Waals surface area contributed by atoms with E-state index in [1.165, 1.54) is 0 Å². The largest absolute Gasteiger partial charge is 0.387 e. The maximum absolute atomic E-state index is 11.2. The number of aryl methyl sites for hydroxylation is 1. The Balaban J connectivity index is 2.46. The van der Waals surface area contributed by atoms with Gasteiger partial charge in [-0.2, -0.15) is 0 Å². The number of carbonyl (C=O) groups is 1. The normalized spacial score (nSPS) is 12.2. The molecule has 1 rings (SSSR count). The van der Waals surface area contributed by atoms with Gasteiger partial charge in [-0.1, -0.05) is 36.8 Å². The molecule has 1 amide bonds. The molecule has 0 radical (unpaired) electrons. The quantitative estimate of drug-likeness (QED) is 0.798. The fraction of sp³-hybridized carbons (Fsp3) is 0.462. The molecule has 3 nitrogen and oxygen atoms in total. The molecule has 1 atom stereocenters. The van der Waals surface area contributed by atoms with Crippen molar-refractivity contribution in [2.24, 2.45) is 0 Å². The van der Waals surface area contributed by atoms with Gasteiger partial charge in [0.1, 0.15) is 0 Å². The van der Waals surface area contributed by atoms with E-state index in [4.69, 9.17) is 0 Å². The Labute approximate surface area is 96.5 Å². The SMILES string of the molecule is CCCC(=O)NCC(O)c1cccc(C)c1. The highest BCUT2D eigenvalue weighted by molar-refractivity contribution is 5.75. The third kappa shape index (κ3) is 4.03. The Morgan fingerprint density at radius 1 is 1.50 bits per heavy atom. The van der Waals surface area contributed by atoms with Crippen molar-refractivity contribution in [3.05, 3.63) is 35.4 Å². The number of amides is 1. The van der Waals surface area contributed by atoms with Crippen molar-refractivity contribution in [3.8, 4) is 0 Å². The van der Waals surface area contributed by atoms with Gasteiger partial charge in [0.2, 0.25) is 5.91 Å². The average Bonchev–Trinajstić information content (AvgIpc) is 2.26. The number of nitrogens with one attached hydrogen (secondary N) is 1. The summed E-state index contributed by atoms with van der Waals surface area (Å²) in [7, 11) is 0. The van der Waals surface area contributed by atoms with Gasteiger partial charge in [-0.05, 0) is 18.9 Å². The molecule has 0 aromatic heterocycles. The number of benzene rings is 1. The van der Waals surface area contributed by atoms with Crippen LogP contribution < -0.4 is 5.32 Å². The van der Waals surface area contributed by atoms with Crippen LogP contribution in [0.1, 0.15) is 37.0 Å². The highest BCUT2D eigenvalue weighted by Crippen LogP contribution is 2.13. The van der Waals surface area contributed by atoms with Crippen LogP contribution in [0.3, 0.4) is 0 Å². The van der Waals surface area contributed by atoms with E-state index < -0.39 is 6.10 Å². The highest BCUT2D eigenvalue weighted by Gasteiger charge is 2.08. The molecular formula is C13H19NO2. The molecule has 16 heavy (non-hydrogen) atoms. The van der Waals surface area contributed by atoms with E-state index in [9.17, 15) is 9.90 Å². The van der Waals surface area contributed by atoms with Crippen LogP contribution >= 0.6 is 0 Å². The lowest BCUT2D eigenvalue weighted by molar-refractivity contribution is -0.121. The van der Waals surface area contributed by atoms with Crippen molar-refractivity contribution in [2.75, 3.05) is 6.54 Å². The second kappa shape index (κ2) is 6.28. The Morgan fingerprint density at radius 2 is 2.25 bits per heavy atom. The van der Waals surface area contributed by atoms with Crippen LogP contribution in [0.2, 0.25) is 0 Å². The predicted octanol–water partition coefficient (Wildman–Crippen LogP) is 1.94. The van der Waals surface area contributed by atoms with Gasteiger partial charge >= 0.3 is 0 Å². The van der Waals surface area contributed by atoms with Gasteiger partial charge in [0, 0.05) is 13.0 Å². The fourth-order valence-corrected chi connectivity index (χ4v) is 1.52. The maximum atomic E-state index is 11.2. The van der Waals surface area contributed by atoms with Crippen molar-refractivity contribution in [3.63, 3.8) is 0 Å². The number of aliphatic hydroxyl groups excluding tert-OH is 1.